The number of benzene rings is 1. The number of carbonyl (C=O) groups is 2. The molecule has 0 aliphatic rings. The van der Waals surface area contributed by atoms with Crippen molar-refractivity contribution in [3.8, 4) is 0 Å². The van der Waals surface area contributed by atoms with Gasteiger partial charge in [-0.15, -0.1) is 0 Å². The van der Waals surface area contributed by atoms with Gasteiger partial charge in [-0.2, -0.15) is 0 Å². The molecule has 126 valence electrons. The third-order valence-electron chi connectivity index (χ3n) is 3.25. The van der Waals surface area contributed by atoms with Gasteiger partial charge in [0.1, 0.15) is 6.54 Å². The Hall–Kier alpha value is -2.11. The fraction of sp³-hybridized carbons (Fsp3) is 0.235. The minimum atomic E-state index is -0.324. The smallest absolute Gasteiger partial charge is 0.254 e. The van der Waals surface area contributed by atoms with Gasteiger partial charge in [0.2, 0.25) is 5.91 Å². The third-order valence-corrected chi connectivity index (χ3v) is 3.80. The maximum atomic E-state index is 12.5. The maximum Gasteiger partial charge on any atom is 0.254 e. The summed E-state index contributed by atoms with van der Waals surface area (Å²) < 4.78 is 0. The minimum Gasteiger partial charge on any atom is -0.329 e. The fourth-order valence-electron chi connectivity index (χ4n) is 2.15. The molecule has 1 N–H and O–H groups in total. The molecule has 2 rings (SSSR count). The van der Waals surface area contributed by atoms with Gasteiger partial charge in [0, 0.05) is 29.5 Å². The Bertz CT molecular complexity index is 723. The fourth-order valence-corrected chi connectivity index (χ4v) is 2.61. The van der Waals surface area contributed by atoms with Crippen LogP contribution in [-0.2, 0) is 4.79 Å². The number of nitrogens with one attached hydrogen (secondary N) is 1. The number of anilines is 1. The van der Waals surface area contributed by atoms with Crippen LogP contribution in [0.4, 0.5) is 5.69 Å². The summed E-state index contributed by atoms with van der Waals surface area (Å²) in [5, 5.41) is 3.53. The molecule has 0 saturated carbocycles. The molecule has 2 aromatic rings. The highest BCUT2D eigenvalue weighted by molar-refractivity contribution is 6.36. The van der Waals surface area contributed by atoms with Gasteiger partial charge < -0.3 is 10.2 Å². The van der Waals surface area contributed by atoms with Gasteiger partial charge in [-0.05, 0) is 36.8 Å². The molecule has 0 atom stereocenters. The van der Waals surface area contributed by atoms with Crippen molar-refractivity contribution in [1.29, 1.82) is 0 Å². The number of nitrogens with zero attached hydrogens (tertiary/aromatic N) is 2. The van der Waals surface area contributed by atoms with Crippen LogP contribution < -0.4 is 5.32 Å². The molecule has 0 aliphatic heterocycles. The predicted molar refractivity (Wildman–Crippen MR) is 95.5 cm³/mol. The highest BCUT2D eigenvalue weighted by atomic mass is 35.5. The highest BCUT2D eigenvalue weighted by Gasteiger charge is 2.18. The molecule has 2 amide bonds. The lowest BCUT2D eigenvalue weighted by Crippen LogP contribution is -2.38. The summed E-state index contributed by atoms with van der Waals surface area (Å²) in [6, 6.07) is 8.05. The molecule has 5 nitrogen and oxygen atoms in total. The summed E-state index contributed by atoms with van der Waals surface area (Å²) in [6.45, 7) is 2.36. The van der Waals surface area contributed by atoms with Crippen molar-refractivity contribution < 1.29 is 9.59 Å². The molecular formula is C17H17Cl2N3O2. The summed E-state index contributed by atoms with van der Waals surface area (Å²) in [5.41, 5.74) is 0.953. The summed E-state index contributed by atoms with van der Waals surface area (Å²) in [5.74, 6) is -0.535. The van der Waals surface area contributed by atoms with Crippen molar-refractivity contribution in [2.24, 2.45) is 0 Å². The predicted octanol–water partition coefficient (Wildman–Crippen LogP) is 3.88. The molecule has 7 heteroatoms. The van der Waals surface area contributed by atoms with E-state index in [1.807, 2.05) is 6.92 Å². The van der Waals surface area contributed by atoms with Crippen molar-refractivity contribution in [2.45, 2.75) is 13.3 Å². The first-order chi connectivity index (χ1) is 11.5. The van der Waals surface area contributed by atoms with E-state index in [4.69, 9.17) is 23.2 Å². The molecule has 0 unspecified atom stereocenters. The molecule has 0 radical (unpaired) electrons. The van der Waals surface area contributed by atoms with E-state index in [1.54, 1.807) is 42.7 Å². The van der Waals surface area contributed by atoms with Crippen molar-refractivity contribution in [3.05, 3.63) is 58.3 Å². The van der Waals surface area contributed by atoms with Gasteiger partial charge in [0.05, 0.1) is 10.7 Å². The second-order valence-corrected chi connectivity index (χ2v) is 5.98. The van der Waals surface area contributed by atoms with E-state index < -0.39 is 0 Å². The largest absolute Gasteiger partial charge is 0.329 e. The Labute approximate surface area is 150 Å². The van der Waals surface area contributed by atoms with Crippen LogP contribution in [0.5, 0.6) is 0 Å². The number of halogens is 2. The first-order valence-electron chi connectivity index (χ1n) is 7.45. The molecule has 24 heavy (non-hydrogen) atoms. The standard InChI is InChI=1S/C17H17Cl2N3O2/c1-2-9-22(17(24)12-5-7-20-8-6-12)11-16(23)21-15-4-3-13(18)10-14(15)19/h3-8,10H,2,9,11H2,1H3,(H,21,23). The molecule has 1 aromatic heterocycles. The molecule has 0 spiro atoms. The third kappa shape index (κ3) is 4.94. The molecule has 1 heterocycles. The van der Waals surface area contributed by atoms with E-state index in [-0.39, 0.29) is 18.4 Å². The average Bonchev–Trinajstić information content (AvgIpc) is 2.57. The Morgan fingerprint density at radius 3 is 2.50 bits per heavy atom. The van der Waals surface area contributed by atoms with Crippen molar-refractivity contribution in [2.75, 3.05) is 18.4 Å². The highest BCUT2D eigenvalue weighted by Crippen LogP contribution is 2.25. The van der Waals surface area contributed by atoms with Gasteiger partial charge in [-0.3, -0.25) is 14.6 Å². The van der Waals surface area contributed by atoms with E-state index >= 15 is 0 Å². The zero-order chi connectivity index (χ0) is 17.5. The number of amides is 2. The lowest BCUT2D eigenvalue weighted by molar-refractivity contribution is -0.116. The average molecular weight is 366 g/mol. The van der Waals surface area contributed by atoms with E-state index in [9.17, 15) is 9.59 Å². The number of hydrogen-bond acceptors (Lipinski definition) is 3. The quantitative estimate of drug-likeness (QED) is 0.844. The van der Waals surface area contributed by atoms with Crippen molar-refractivity contribution >= 4 is 40.7 Å². The van der Waals surface area contributed by atoms with Gasteiger partial charge in [-0.25, -0.2) is 0 Å². The van der Waals surface area contributed by atoms with Crippen LogP contribution in [0, 0.1) is 0 Å². The Kier molecular flexibility index (Phi) is 6.58. The first-order valence-corrected chi connectivity index (χ1v) is 8.21. The van der Waals surface area contributed by atoms with Gasteiger partial charge in [0.25, 0.3) is 5.91 Å². The van der Waals surface area contributed by atoms with E-state index in [2.05, 4.69) is 10.3 Å². The Morgan fingerprint density at radius 2 is 1.88 bits per heavy atom. The van der Waals surface area contributed by atoms with E-state index in [0.717, 1.165) is 6.42 Å². The number of rotatable bonds is 6. The summed E-state index contributed by atoms with van der Waals surface area (Å²) in [7, 11) is 0. The molecule has 0 fully saturated rings. The van der Waals surface area contributed by atoms with Crippen molar-refractivity contribution in [3.63, 3.8) is 0 Å². The number of carbonyl (C=O) groups excluding carboxylic acids is 2. The molecule has 0 saturated heterocycles. The second-order valence-electron chi connectivity index (χ2n) is 5.13. The second kappa shape index (κ2) is 8.66. The number of hydrogen-bond donors (Lipinski definition) is 1. The molecule has 0 bridgehead atoms. The van der Waals surface area contributed by atoms with Gasteiger partial charge in [0.15, 0.2) is 0 Å². The van der Waals surface area contributed by atoms with Crippen LogP contribution in [-0.4, -0.2) is 34.8 Å². The summed E-state index contributed by atoms with van der Waals surface area (Å²) in [4.78, 5) is 30.2. The molecular weight excluding hydrogens is 349 g/mol. The lowest BCUT2D eigenvalue weighted by atomic mass is 10.2. The monoisotopic (exact) mass is 365 g/mol. The topological polar surface area (TPSA) is 62.3 Å². The van der Waals surface area contributed by atoms with Gasteiger partial charge in [-0.1, -0.05) is 30.1 Å². The minimum absolute atomic E-state index is 0.0616. The van der Waals surface area contributed by atoms with Crippen LogP contribution in [0.25, 0.3) is 0 Å². The summed E-state index contributed by atoms with van der Waals surface area (Å²) >= 11 is 11.9. The Balaban J connectivity index is 2.07. The zero-order valence-corrected chi connectivity index (χ0v) is 14.6. The van der Waals surface area contributed by atoms with Crippen LogP contribution >= 0.6 is 23.2 Å². The van der Waals surface area contributed by atoms with Crippen LogP contribution in [0.1, 0.15) is 23.7 Å². The number of aromatic nitrogens is 1. The SMILES string of the molecule is CCCN(CC(=O)Nc1ccc(Cl)cc1Cl)C(=O)c1ccncc1. The van der Waals surface area contributed by atoms with Crippen molar-refractivity contribution in [1.82, 2.24) is 9.88 Å². The van der Waals surface area contributed by atoms with Crippen LogP contribution in [0.15, 0.2) is 42.7 Å². The van der Waals surface area contributed by atoms with Crippen LogP contribution in [0.2, 0.25) is 10.0 Å². The molecule has 0 aliphatic carbocycles. The van der Waals surface area contributed by atoms with Crippen LogP contribution in [0.3, 0.4) is 0 Å². The summed E-state index contributed by atoms with van der Waals surface area (Å²) in [6.07, 6.45) is 3.83. The van der Waals surface area contributed by atoms with Gasteiger partial charge >= 0.3 is 0 Å². The maximum absolute atomic E-state index is 12.5. The zero-order valence-electron chi connectivity index (χ0n) is 13.1. The lowest BCUT2D eigenvalue weighted by Gasteiger charge is -2.21. The van der Waals surface area contributed by atoms with E-state index in [1.165, 1.54) is 4.90 Å². The molecule has 1 aromatic carbocycles. The normalized spacial score (nSPS) is 10.3. The van der Waals surface area contributed by atoms with E-state index in [0.29, 0.717) is 27.8 Å². The Morgan fingerprint density at radius 1 is 1.17 bits per heavy atom. The number of pyridine rings is 1. The first kappa shape index (κ1) is 18.2.